The molecule has 2 aromatic carbocycles. The van der Waals surface area contributed by atoms with Crippen LogP contribution in [-0.2, 0) is 30.6 Å². The van der Waals surface area contributed by atoms with Crippen LogP contribution in [0.1, 0.15) is 37.7 Å². The highest BCUT2D eigenvalue weighted by atomic mass is 35.5. The molecule has 0 bridgehead atoms. The molecule has 0 aliphatic carbocycles. The van der Waals surface area contributed by atoms with Crippen LogP contribution in [0.5, 0.6) is 5.75 Å². The second-order valence-corrected chi connectivity index (χ2v) is 14.0. The van der Waals surface area contributed by atoms with Crippen molar-refractivity contribution < 1.29 is 26.4 Å². The fraction of sp³-hybridized carbons (Fsp3) is 0.500. The lowest BCUT2D eigenvalue weighted by molar-refractivity contribution is -0.126. The summed E-state index contributed by atoms with van der Waals surface area (Å²) in [4.78, 5) is 13.0. The summed E-state index contributed by atoms with van der Waals surface area (Å²) < 4.78 is 59.9. The molecule has 4 rings (SSSR count). The molecule has 1 atom stereocenters. The number of carbonyl (C=O) groups excluding carboxylic acids is 1. The van der Waals surface area contributed by atoms with Gasteiger partial charge in [-0.25, -0.2) is 21.1 Å². The van der Waals surface area contributed by atoms with Gasteiger partial charge in [-0.05, 0) is 67.6 Å². The third kappa shape index (κ3) is 7.47. The van der Waals surface area contributed by atoms with E-state index in [1.165, 1.54) is 20.7 Å². The average Bonchev–Trinajstić information content (AvgIpc) is 2.91. The molecule has 208 valence electrons. The number of nitrogens with zero attached hydrogens (tertiary/aromatic N) is 2. The maximum Gasteiger partial charge on any atom is 0.243 e. The van der Waals surface area contributed by atoms with Gasteiger partial charge in [0.05, 0.1) is 23.1 Å². The van der Waals surface area contributed by atoms with Gasteiger partial charge >= 0.3 is 0 Å². The molecule has 1 N–H and O–H groups in total. The molecule has 0 aromatic heterocycles. The SMILES string of the molecule is O=C(NCCOc1ccc(S(=O)(=O)N2CCCCC2)cc1)[C@H]1CCCN(S(=O)(=O)Cc2cccc(Cl)c2)C1. The predicted octanol–water partition coefficient (Wildman–Crippen LogP) is 3.25. The highest BCUT2D eigenvalue weighted by molar-refractivity contribution is 7.89. The minimum Gasteiger partial charge on any atom is -0.492 e. The number of amides is 1. The Hall–Kier alpha value is -2.18. The van der Waals surface area contributed by atoms with E-state index in [1.54, 1.807) is 36.4 Å². The number of rotatable bonds is 10. The number of nitrogens with one attached hydrogen (secondary N) is 1. The number of hydrogen-bond acceptors (Lipinski definition) is 6. The van der Waals surface area contributed by atoms with Gasteiger partial charge in [-0.2, -0.15) is 4.31 Å². The molecule has 0 spiro atoms. The maximum atomic E-state index is 12.9. The molecule has 0 unspecified atom stereocenters. The Kier molecular flexibility index (Phi) is 9.69. The zero-order chi connectivity index (χ0) is 27.2. The minimum atomic E-state index is -3.58. The first-order chi connectivity index (χ1) is 18.1. The lowest BCUT2D eigenvalue weighted by atomic mass is 9.99. The molecule has 12 heteroatoms. The van der Waals surface area contributed by atoms with Gasteiger partial charge in [0, 0.05) is 31.2 Å². The van der Waals surface area contributed by atoms with E-state index in [0.29, 0.717) is 48.8 Å². The standard InChI is InChI=1S/C26H34ClN3O6S2/c27-23-8-4-6-21(18-23)20-37(32,33)30-16-5-7-22(19-30)26(31)28-13-17-36-24-9-11-25(12-10-24)38(34,35)29-14-2-1-3-15-29/h4,6,8-12,18,22H,1-3,5,7,13-17,19-20H2,(H,28,31)/t22-/m0/s1. The van der Waals surface area contributed by atoms with E-state index in [4.69, 9.17) is 16.3 Å². The van der Waals surface area contributed by atoms with Gasteiger partial charge in [-0.1, -0.05) is 30.2 Å². The van der Waals surface area contributed by atoms with E-state index in [-0.39, 0.29) is 36.3 Å². The molecule has 2 aliphatic heterocycles. The maximum absolute atomic E-state index is 12.9. The van der Waals surface area contributed by atoms with Gasteiger partial charge in [0.25, 0.3) is 0 Å². The van der Waals surface area contributed by atoms with Gasteiger partial charge in [0.1, 0.15) is 12.4 Å². The molecule has 0 saturated carbocycles. The molecule has 2 fully saturated rings. The second kappa shape index (κ2) is 12.8. The summed E-state index contributed by atoms with van der Waals surface area (Å²) in [5, 5.41) is 3.31. The van der Waals surface area contributed by atoms with Crippen molar-refractivity contribution in [2.45, 2.75) is 42.8 Å². The summed E-state index contributed by atoms with van der Waals surface area (Å²) in [6.45, 7) is 2.08. The van der Waals surface area contributed by atoms with Crippen LogP contribution in [0.3, 0.4) is 0 Å². The quantitative estimate of drug-likeness (QED) is 0.430. The molecule has 2 heterocycles. The van der Waals surface area contributed by atoms with Crippen LogP contribution in [0, 0.1) is 5.92 Å². The fourth-order valence-electron chi connectivity index (χ4n) is 4.79. The van der Waals surface area contributed by atoms with E-state index in [0.717, 1.165) is 19.3 Å². The molecular formula is C26H34ClN3O6S2. The highest BCUT2D eigenvalue weighted by Gasteiger charge is 2.32. The van der Waals surface area contributed by atoms with Crippen LogP contribution in [-0.4, -0.2) is 70.7 Å². The lowest BCUT2D eigenvalue weighted by Gasteiger charge is -2.31. The van der Waals surface area contributed by atoms with E-state index in [2.05, 4.69) is 5.32 Å². The summed E-state index contributed by atoms with van der Waals surface area (Å²) in [6.07, 6.45) is 4.03. The fourth-order valence-corrected chi connectivity index (χ4v) is 8.12. The molecule has 2 saturated heterocycles. The van der Waals surface area contributed by atoms with Crippen molar-refractivity contribution in [3.63, 3.8) is 0 Å². The van der Waals surface area contributed by atoms with Crippen molar-refractivity contribution in [1.82, 2.24) is 13.9 Å². The van der Waals surface area contributed by atoms with Gasteiger partial charge in [-0.3, -0.25) is 4.79 Å². The number of carbonyl (C=O) groups is 1. The predicted molar refractivity (Wildman–Crippen MR) is 146 cm³/mol. The molecule has 2 aromatic rings. The molecule has 2 aliphatic rings. The number of sulfonamides is 2. The number of benzene rings is 2. The Balaban J connectivity index is 1.23. The highest BCUT2D eigenvalue weighted by Crippen LogP contribution is 2.24. The van der Waals surface area contributed by atoms with E-state index in [9.17, 15) is 21.6 Å². The normalized spacial score (nSPS) is 19.7. The van der Waals surface area contributed by atoms with Crippen LogP contribution < -0.4 is 10.1 Å². The zero-order valence-electron chi connectivity index (χ0n) is 21.2. The third-order valence-corrected chi connectivity index (χ3v) is 10.8. The van der Waals surface area contributed by atoms with Gasteiger partial charge < -0.3 is 10.1 Å². The van der Waals surface area contributed by atoms with E-state index < -0.39 is 26.0 Å². The topological polar surface area (TPSA) is 113 Å². The van der Waals surface area contributed by atoms with Crippen LogP contribution in [0.15, 0.2) is 53.4 Å². The Morgan fingerprint density at radius 1 is 0.947 bits per heavy atom. The molecule has 9 nitrogen and oxygen atoms in total. The second-order valence-electron chi connectivity index (χ2n) is 9.66. The Labute approximate surface area is 230 Å². The largest absolute Gasteiger partial charge is 0.492 e. The average molecular weight is 584 g/mol. The van der Waals surface area contributed by atoms with Gasteiger partial charge in [-0.15, -0.1) is 0 Å². The number of ether oxygens (including phenoxy) is 1. The Bertz CT molecular complexity index is 1310. The smallest absolute Gasteiger partial charge is 0.243 e. The van der Waals surface area contributed by atoms with E-state index in [1.807, 2.05) is 0 Å². The first-order valence-corrected chi connectivity index (χ1v) is 16.3. The minimum absolute atomic E-state index is 0.141. The molecule has 38 heavy (non-hydrogen) atoms. The summed E-state index contributed by atoms with van der Waals surface area (Å²) >= 11 is 5.98. The molecular weight excluding hydrogens is 550 g/mol. The summed E-state index contributed by atoms with van der Waals surface area (Å²) in [6, 6.07) is 13.1. The number of piperidine rings is 2. The zero-order valence-corrected chi connectivity index (χ0v) is 23.6. The van der Waals surface area contributed by atoms with Gasteiger partial charge in [0.15, 0.2) is 0 Å². The third-order valence-electron chi connectivity index (χ3n) is 6.83. The van der Waals surface area contributed by atoms with Crippen molar-refractivity contribution in [2.75, 3.05) is 39.3 Å². The van der Waals surface area contributed by atoms with Crippen LogP contribution in [0.2, 0.25) is 5.02 Å². The van der Waals surface area contributed by atoms with Crippen LogP contribution in [0.4, 0.5) is 0 Å². The van der Waals surface area contributed by atoms with Crippen molar-refractivity contribution in [1.29, 1.82) is 0 Å². The first-order valence-electron chi connectivity index (χ1n) is 12.9. The van der Waals surface area contributed by atoms with Crippen molar-refractivity contribution in [3.05, 3.63) is 59.1 Å². The van der Waals surface area contributed by atoms with Crippen molar-refractivity contribution >= 4 is 37.6 Å². The number of hydrogen-bond donors (Lipinski definition) is 1. The van der Waals surface area contributed by atoms with E-state index >= 15 is 0 Å². The lowest BCUT2D eigenvalue weighted by Crippen LogP contribution is -2.46. The van der Waals surface area contributed by atoms with Crippen LogP contribution in [0.25, 0.3) is 0 Å². The Morgan fingerprint density at radius 2 is 1.66 bits per heavy atom. The Morgan fingerprint density at radius 3 is 2.37 bits per heavy atom. The molecule has 0 radical (unpaired) electrons. The molecule has 1 amide bonds. The first kappa shape index (κ1) is 28.8. The summed E-state index contributed by atoms with van der Waals surface area (Å²) in [5.41, 5.74) is 0.610. The monoisotopic (exact) mass is 583 g/mol. The van der Waals surface area contributed by atoms with Crippen LogP contribution >= 0.6 is 11.6 Å². The summed E-state index contributed by atoms with van der Waals surface area (Å²) in [5.74, 6) is -0.294. The summed E-state index contributed by atoms with van der Waals surface area (Å²) in [7, 11) is -7.07. The van der Waals surface area contributed by atoms with Crippen molar-refractivity contribution in [2.24, 2.45) is 5.92 Å². The van der Waals surface area contributed by atoms with Gasteiger partial charge in [0.2, 0.25) is 26.0 Å². The number of halogens is 1. The van der Waals surface area contributed by atoms with Crippen molar-refractivity contribution in [3.8, 4) is 5.75 Å².